The first kappa shape index (κ1) is 10.1. The summed E-state index contributed by atoms with van der Waals surface area (Å²) in [5, 5.41) is 1.94. The van der Waals surface area contributed by atoms with Gasteiger partial charge in [0.1, 0.15) is 0 Å². The second-order valence-electron chi connectivity index (χ2n) is 3.16. The van der Waals surface area contributed by atoms with Crippen molar-refractivity contribution in [3.05, 3.63) is 40.7 Å². The smallest absolute Gasteiger partial charge is 0.173 e. The molecule has 0 saturated carbocycles. The summed E-state index contributed by atoms with van der Waals surface area (Å²) >= 11 is 1.49. The largest absolute Gasteiger partial charge is 0.293 e. The van der Waals surface area contributed by atoms with E-state index in [1.807, 2.05) is 36.6 Å². The zero-order chi connectivity index (χ0) is 10.7. The third-order valence-corrected chi connectivity index (χ3v) is 3.14. The Balaban J connectivity index is 2.46. The highest BCUT2D eigenvalue weighted by atomic mass is 32.1. The quantitative estimate of drug-likeness (QED) is 0.737. The minimum absolute atomic E-state index is 0.186. The fraction of sp³-hybridized carbons (Fsp3) is 0.167. The van der Waals surface area contributed by atoms with Crippen LogP contribution in [-0.4, -0.2) is 10.8 Å². The van der Waals surface area contributed by atoms with Gasteiger partial charge in [-0.3, -0.25) is 9.78 Å². The molecule has 0 saturated heterocycles. The topological polar surface area (TPSA) is 30.0 Å². The highest BCUT2D eigenvalue weighted by molar-refractivity contribution is 7.12. The molecule has 0 aliphatic carbocycles. The lowest BCUT2D eigenvalue weighted by Crippen LogP contribution is -1.95. The molecule has 2 rings (SSSR count). The van der Waals surface area contributed by atoms with Crippen molar-refractivity contribution < 1.29 is 4.79 Å². The Hall–Kier alpha value is -1.48. The molecule has 0 atom stereocenters. The number of ketones is 1. The molecule has 0 aliphatic rings. The van der Waals surface area contributed by atoms with E-state index in [1.54, 1.807) is 6.20 Å². The van der Waals surface area contributed by atoms with Crippen LogP contribution in [0.1, 0.15) is 23.0 Å². The van der Waals surface area contributed by atoms with Crippen LogP contribution < -0.4 is 0 Å². The number of hydrogen-bond acceptors (Lipinski definition) is 3. The zero-order valence-electron chi connectivity index (χ0n) is 8.43. The molecule has 0 unspecified atom stereocenters. The number of pyridine rings is 1. The van der Waals surface area contributed by atoms with E-state index in [1.165, 1.54) is 11.3 Å². The number of thiophene rings is 1. The Labute approximate surface area is 92.6 Å². The summed E-state index contributed by atoms with van der Waals surface area (Å²) in [6.45, 7) is 1.88. The van der Waals surface area contributed by atoms with Crippen LogP contribution >= 0.6 is 11.3 Å². The van der Waals surface area contributed by atoms with Gasteiger partial charge < -0.3 is 0 Å². The van der Waals surface area contributed by atoms with Gasteiger partial charge in [-0.1, -0.05) is 13.0 Å². The lowest BCUT2D eigenvalue weighted by Gasteiger charge is -2.00. The van der Waals surface area contributed by atoms with Gasteiger partial charge in [0.2, 0.25) is 0 Å². The lowest BCUT2D eigenvalue weighted by molar-refractivity contribution is 0.0992. The molecule has 0 bridgehead atoms. The Kier molecular flexibility index (Phi) is 2.92. The van der Waals surface area contributed by atoms with Crippen molar-refractivity contribution in [3.63, 3.8) is 0 Å². The number of rotatable bonds is 3. The number of nitrogens with zero attached hydrogens (tertiary/aromatic N) is 1. The Bertz CT molecular complexity index is 461. The summed E-state index contributed by atoms with van der Waals surface area (Å²) < 4.78 is 0. The van der Waals surface area contributed by atoms with Crippen molar-refractivity contribution in [2.45, 2.75) is 13.3 Å². The van der Waals surface area contributed by atoms with Crippen LogP contribution in [0.4, 0.5) is 0 Å². The first-order valence-electron chi connectivity index (χ1n) is 4.85. The molecule has 2 heterocycles. The van der Waals surface area contributed by atoms with E-state index in [0.29, 0.717) is 6.42 Å². The fourth-order valence-electron chi connectivity index (χ4n) is 1.41. The van der Waals surface area contributed by atoms with Crippen LogP contribution in [0, 0.1) is 0 Å². The van der Waals surface area contributed by atoms with Gasteiger partial charge in [0.15, 0.2) is 5.78 Å². The van der Waals surface area contributed by atoms with Gasteiger partial charge in [-0.2, -0.15) is 0 Å². The summed E-state index contributed by atoms with van der Waals surface area (Å²) in [5.74, 6) is 0.186. The van der Waals surface area contributed by atoms with Crippen molar-refractivity contribution in [2.75, 3.05) is 0 Å². The van der Waals surface area contributed by atoms with Crippen molar-refractivity contribution >= 4 is 17.1 Å². The first-order chi connectivity index (χ1) is 7.33. The Morgan fingerprint density at radius 1 is 1.40 bits per heavy atom. The molecule has 3 heteroatoms. The third kappa shape index (κ3) is 1.97. The van der Waals surface area contributed by atoms with Crippen molar-refractivity contribution in [1.82, 2.24) is 4.98 Å². The van der Waals surface area contributed by atoms with E-state index in [9.17, 15) is 4.79 Å². The maximum atomic E-state index is 11.7. The molecule has 0 aromatic carbocycles. The highest BCUT2D eigenvalue weighted by Crippen LogP contribution is 2.27. The van der Waals surface area contributed by atoms with E-state index in [4.69, 9.17) is 0 Å². The van der Waals surface area contributed by atoms with Crippen molar-refractivity contribution in [2.24, 2.45) is 0 Å². The predicted molar refractivity (Wildman–Crippen MR) is 62.2 cm³/mol. The molecular formula is C12H11NOS. The van der Waals surface area contributed by atoms with E-state index >= 15 is 0 Å². The number of aromatic nitrogens is 1. The number of Topliss-reactive ketones (excluding diaryl/α,β-unsaturated/α-hetero) is 1. The maximum Gasteiger partial charge on any atom is 0.173 e. The van der Waals surface area contributed by atoms with Crippen LogP contribution in [0.2, 0.25) is 0 Å². The summed E-state index contributed by atoms with van der Waals surface area (Å²) in [5.41, 5.74) is 1.82. The molecule has 2 aromatic heterocycles. The Morgan fingerprint density at radius 3 is 2.93 bits per heavy atom. The number of carbonyl (C=O) groups excluding carboxylic acids is 1. The molecule has 15 heavy (non-hydrogen) atoms. The molecule has 0 amide bonds. The van der Waals surface area contributed by atoms with Crippen LogP contribution in [0.5, 0.6) is 0 Å². The van der Waals surface area contributed by atoms with Crippen LogP contribution in [0.3, 0.4) is 0 Å². The zero-order valence-corrected chi connectivity index (χ0v) is 9.25. The molecule has 0 spiro atoms. The molecule has 2 nitrogen and oxygen atoms in total. The highest BCUT2D eigenvalue weighted by Gasteiger charge is 2.12. The lowest BCUT2D eigenvalue weighted by atomic mass is 10.1. The van der Waals surface area contributed by atoms with Crippen molar-refractivity contribution in [3.8, 4) is 11.3 Å². The van der Waals surface area contributed by atoms with Gasteiger partial charge in [0.05, 0.1) is 10.6 Å². The molecule has 76 valence electrons. The third-order valence-electron chi connectivity index (χ3n) is 2.18. The van der Waals surface area contributed by atoms with Crippen molar-refractivity contribution in [1.29, 1.82) is 0 Å². The summed E-state index contributed by atoms with van der Waals surface area (Å²) in [7, 11) is 0. The average Bonchev–Trinajstić information content (AvgIpc) is 2.78. The summed E-state index contributed by atoms with van der Waals surface area (Å²) in [6.07, 6.45) is 2.29. The number of carbonyl (C=O) groups is 1. The summed E-state index contributed by atoms with van der Waals surface area (Å²) in [4.78, 5) is 16.7. The van der Waals surface area contributed by atoms with E-state index in [2.05, 4.69) is 4.98 Å². The monoisotopic (exact) mass is 217 g/mol. The van der Waals surface area contributed by atoms with Gasteiger partial charge in [-0.25, -0.2) is 0 Å². The second kappa shape index (κ2) is 4.36. The SMILES string of the molecule is CCC(=O)c1sccc1-c1ccccn1. The van der Waals surface area contributed by atoms with Crippen LogP contribution in [0.15, 0.2) is 35.8 Å². The number of hydrogen-bond donors (Lipinski definition) is 0. The molecule has 0 fully saturated rings. The molecular weight excluding hydrogens is 206 g/mol. The van der Waals surface area contributed by atoms with E-state index in [0.717, 1.165) is 16.1 Å². The van der Waals surface area contributed by atoms with E-state index < -0.39 is 0 Å². The average molecular weight is 217 g/mol. The molecule has 0 radical (unpaired) electrons. The van der Waals surface area contributed by atoms with Gasteiger partial charge in [0.25, 0.3) is 0 Å². The van der Waals surface area contributed by atoms with Gasteiger partial charge in [0, 0.05) is 18.2 Å². The Morgan fingerprint density at radius 2 is 2.27 bits per heavy atom. The second-order valence-corrected chi connectivity index (χ2v) is 4.07. The predicted octanol–water partition coefficient (Wildman–Crippen LogP) is 3.40. The minimum Gasteiger partial charge on any atom is -0.293 e. The fourth-order valence-corrected chi connectivity index (χ4v) is 2.33. The van der Waals surface area contributed by atoms with Gasteiger partial charge >= 0.3 is 0 Å². The van der Waals surface area contributed by atoms with Crippen LogP contribution in [0.25, 0.3) is 11.3 Å². The maximum absolute atomic E-state index is 11.7. The first-order valence-corrected chi connectivity index (χ1v) is 5.73. The van der Waals surface area contributed by atoms with Crippen LogP contribution in [-0.2, 0) is 0 Å². The standard InChI is InChI=1S/C12H11NOS/c1-2-11(14)12-9(6-8-15-12)10-5-3-4-7-13-10/h3-8H,2H2,1H3. The molecule has 0 N–H and O–H groups in total. The van der Waals surface area contributed by atoms with E-state index in [-0.39, 0.29) is 5.78 Å². The van der Waals surface area contributed by atoms with Gasteiger partial charge in [-0.15, -0.1) is 11.3 Å². The molecule has 0 aliphatic heterocycles. The summed E-state index contributed by atoms with van der Waals surface area (Å²) in [6, 6.07) is 7.68. The minimum atomic E-state index is 0.186. The molecule has 2 aromatic rings. The normalized spacial score (nSPS) is 10.2. The van der Waals surface area contributed by atoms with Gasteiger partial charge in [-0.05, 0) is 23.6 Å².